The summed E-state index contributed by atoms with van der Waals surface area (Å²) in [5, 5.41) is 10.3. The molecular weight excluding hydrogens is 376 g/mol. The lowest BCUT2D eigenvalue weighted by molar-refractivity contribution is -0.0577. The molecule has 3 saturated carbocycles. The van der Waals surface area contributed by atoms with Gasteiger partial charge in [-0.05, 0) is 116 Å². The highest BCUT2D eigenvalue weighted by atomic mass is 16.3. The first-order valence-electron chi connectivity index (χ1n) is 13.6. The lowest BCUT2D eigenvalue weighted by atomic mass is 9.47. The van der Waals surface area contributed by atoms with Gasteiger partial charge < -0.3 is 5.11 Å². The molecule has 9 unspecified atom stereocenters. The molecule has 0 bridgehead atoms. The molecule has 4 aliphatic rings. The molecule has 0 radical (unpaired) electrons. The Morgan fingerprint density at radius 1 is 1.13 bits per heavy atom. The quantitative estimate of drug-likeness (QED) is 0.424. The number of allylic oxidation sites excluding steroid dienone is 2. The third-order valence-electron chi connectivity index (χ3n) is 11.8. The number of rotatable bonds is 6. The Bertz CT molecular complexity index is 705. The van der Waals surface area contributed by atoms with Crippen LogP contribution < -0.4 is 0 Å². The van der Waals surface area contributed by atoms with Gasteiger partial charge >= 0.3 is 0 Å². The summed E-state index contributed by atoms with van der Waals surface area (Å²) in [5.74, 6) is 5.03. The van der Waals surface area contributed by atoms with Gasteiger partial charge in [0.1, 0.15) is 0 Å². The zero-order valence-corrected chi connectivity index (χ0v) is 21.4. The lowest BCUT2D eigenvalue weighted by Gasteiger charge is -2.58. The molecule has 1 heteroatoms. The largest absolute Gasteiger partial charge is 0.393 e. The van der Waals surface area contributed by atoms with Gasteiger partial charge in [-0.15, -0.1) is 6.58 Å². The van der Waals surface area contributed by atoms with Crippen LogP contribution in [0.3, 0.4) is 0 Å². The summed E-state index contributed by atoms with van der Waals surface area (Å²) in [7, 11) is 0. The van der Waals surface area contributed by atoms with Crippen molar-refractivity contribution in [3.63, 3.8) is 0 Å². The van der Waals surface area contributed by atoms with E-state index in [-0.39, 0.29) is 11.5 Å². The van der Waals surface area contributed by atoms with Crippen LogP contribution in [0.4, 0.5) is 0 Å². The van der Waals surface area contributed by atoms with Crippen LogP contribution in [0, 0.1) is 51.8 Å². The minimum atomic E-state index is -0.0893. The summed E-state index contributed by atoms with van der Waals surface area (Å²) in [4.78, 5) is 0. The summed E-state index contributed by atoms with van der Waals surface area (Å²) < 4.78 is 0. The van der Waals surface area contributed by atoms with E-state index in [9.17, 15) is 5.11 Å². The van der Waals surface area contributed by atoms with E-state index < -0.39 is 0 Å². The summed E-state index contributed by atoms with van der Waals surface area (Å²) in [6, 6.07) is 0. The van der Waals surface area contributed by atoms with E-state index in [2.05, 4.69) is 60.3 Å². The Kier molecular flexibility index (Phi) is 6.35. The van der Waals surface area contributed by atoms with Crippen molar-refractivity contribution in [2.24, 2.45) is 51.8 Å². The molecule has 9 atom stereocenters. The highest BCUT2D eigenvalue weighted by Gasteiger charge is 2.59. The highest BCUT2D eigenvalue weighted by Crippen LogP contribution is 2.67. The Hall–Kier alpha value is -0.560. The lowest BCUT2D eigenvalue weighted by Crippen LogP contribution is -2.50. The van der Waals surface area contributed by atoms with E-state index in [0.29, 0.717) is 16.7 Å². The molecule has 0 aromatic carbocycles. The first-order valence-corrected chi connectivity index (χ1v) is 13.6. The second-order valence-corrected chi connectivity index (χ2v) is 13.3. The van der Waals surface area contributed by atoms with Gasteiger partial charge in [-0.3, -0.25) is 0 Å². The van der Waals surface area contributed by atoms with Crippen LogP contribution in [0.15, 0.2) is 24.3 Å². The molecule has 0 aromatic rings. The van der Waals surface area contributed by atoms with E-state index >= 15 is 0 Å². The van der Waals surface area contributed by atoms with Gasteiger partial charge in [0, 0.05) is 0 Å². The van der Waals surface area contributed by atoms with Gasteiger partial charge in [0.05, 0.1) is 6.10 Å². The predicted molar refractivity (Wildman–Crippen MR) is 133 cm³/mol. The molecule has 3 fully saturated rings. The molecule has 0 heterocycles. The van der Waals surface area contributed by atoms with Gasteiger partial charge in [0.2, 0.25) is 0 Å². The van der Waals surface area contributed by atoms with Gasteiger partial charge in [0.25, 0.3) is 0 Å². The zero-order valence-electron chi connectivity index (χ0n) is 21.4. The van der Waals surface area contributed by atoms with E-state index in [1.54, 1.807) is 5.57 Å². The van der Waals surface area contributed by atoms with Crippen LogP contribution in [0.25, 0.3) is 0 Å². The van der Waals surface area contributed by atoms with Crippen LogP contribution in [0.2, 0.25) is 0 Å². The molecule has 0 aromatic heterocycles. The number of hydrogen-bond acceptors (Lipinski definition) is 1. The van der Waals surface area contributed by atoms with Crippen LogP contribution in [0.5, 0.6) is 0 Å². The van der Waals surface area contributed by atoms with Crippen molar-refractivity contribution in [2.45, 2.75) is 112 Å². The molecule has 0 amide bonds. The normalized spacial score (nSPS) is 45.2. The predicted octanol–water partition coefficient (Wildman–Crippen LogP) is 8.19. The van der Waals surface area contributed by atoms with Gasteiger partial charge in [-0.25, -0.2) is 0 Å². The number of hydrogen-bond donors (Lipinski definition) is 1. The van der Waals surface area contributed by atoms with Crippen LogP contribution >= 0.6 is 0 Å². The van der Waals surface area contributed by atoms with E-state index in [1.165, 1.54) is 51.4 Å². The van der Waals surface area contributed by atoms with Crippen molar-refractivity contribution in [1.29, 1.82) is 0 Å². The summed E-state index contributed by atoms with van der Waals surface area (Å²) in [6.45, 7) is 19.1. The van der Waals surface area contributed by atoms with Crippen LogP contribution in [-0.2, 0) is 0 Å². The smallest absolute Gasteiger partial charge is 0.0577 e. The molecule has 176 valence electrons. The summed E-state index contributed by atoms with van der Waals surface area (Å²) in [6.07, 6.45) is 17.6. The second-order valence-electron chi connectivity index (χ2n) is 13.3. The first-order chi connectivity index (χ1) is 14.5. The molecule has 31 heavy (non-hydrogen) atoms. The molecule has 0 spiro atoms. The SMILES string of the molecule is C=CC(C)(CCC(C)C1CCC2C3CC=C4CC(O)CCC4(C)C3CCC12C)C(C)C. The summed E-state index contributed by atoms with van der Waals surface area (Å²) in [5.41, 5.74) is 2.79. The number of aliphatic hydroxyl groups excluding tert-OH is 1. The average Bonchev–Trinajstić information content (AvgIpc) is 3.09. The standard InChI is InChI=1S/C30H50O/c1-8-28(5,20(2)3)16-13-21(4)25-11-12-26-24-10-9-22-19-23(31)14-17-29(22,6)27(24)15-18-30(25,26)7/h8-9,20-21,23-27,31H,1,10-19H2,2-7H3. The van der Waals surface area contributed by atoms with E-state index in [0.717, 1.165) is 42.4 Å². The average molecular weight is 427 g/mol. The van der Waals surface area contributed by atoms with Crippen molar-refractivity contribution in [2.75, 3.05) is 0 Å². The minimum Gasteiger partial charge on any atom is -0.393 e. The molecular formula is C30H50O. The van der Waals surface area contributed by atoms with Gasteiger partial charge in [0.15, 0.2) is 0 Å². The molecule has 0 saturated heterocycles. The maximum atomic E-state index is 10.3. The molecule has 1 nitrogen and oxygen atoms in total. The van der Waals surface area contributed by atoms with Crippen molar-refractivity contribution in [3.05, 3.63) is 24.3 Å². The van der Waals surface area contributed by atoms with Crippen molar-refractivity contribution < 1.29 is 5.11 Å². The highest BCUT2D eigenvalue weighted by molar-refractivity contribution is 5.25. The van der Waals surface area contributed by atoms with E-state index in [1.807, 2.05) is 0 Å². The van der Waals surface area contributed by atoms with E-state index in [4.69, 9.17) is 0 Å². The summed E-state index contributed by atoms with van der Waals surface area (Å²) >= 11 is 0. The Balaban J connectivity index is 1.49. The zero-order chi connectivity index (χ0) is 22.6. The fourth-order valence-electron chi connectivity index (χ4n) is 8.98. The molecule has 0 aliphatic heterocycles. The van der Waals surface area contributed by atoms with Gasteiger partial charge in [-0.2, -0.15) is 0 Å². The second kappa shape index (κ2) is 8.34. The third-order valence-corrected chi connectivity index (χ3v) is 11.8. The molecule has 1 N–H and O–H groups in total. The van der Waals surface area contributed by atoms with Crippen molar-refractivity contribution in [1.82, 2.24) is 0 Å². The first kappa shape index (κ1) is 23.6. The maximum Gasteiger partial charge on any atom is 0.0577 e. The van der Waals surface area contributed by atoms with Crippen LogP contribution in [-0.4, -0.2) is 11.2 Å². The Morgan fingerprint density at radius 2 is 1.87 bits per heavy atom. The Morgan fingerprint density at radius 3 is 2.55 bits per heavy atom. The number of aliphatic hydroxyl groups is 1. The Labute approximate surface area is 193 Å². The van der Waals surface area contributed by atoms with Crippen molar-refractivity contribution in [3.8, 4) is 0 Å². The fraction of sp³-hybridized carbons (Fsp3) is 0.867. The monoisotopic (exact) mass is 426 g/mol. The number of fused-ring (bicyclic) bond motifs is 5. The fourth-order valence-corrected chi connectivity index (χ4v) is 8.98. The topological polar surface area (TPSA) is 20.2 Å². The van der Waals surface area contributed by atoms with Crippen molar-refractivity contribution >= 4 is 0 Å². The van der Waals surface area contributed by atoms with Crippen LogP contribution in [0.1, 0.15) is 106 Å². The molecule has 4 aliphatic carbocycles. The third kappa shape index (κ3) is 3.79. The maximum absolute atomic E-state index is 10.3. The molecule has 4 rings (SSSR count). The van der Waals surface area contributed by atoms with Gasteiger partial charge in [-0.1, -0.05) is 59.3 Å². The minimum absolute atomic E-state index is 0.0893.